The van der Waals surface area contributed by atoms with Gasteiger partial charge in [-0.1, -0.05) is 13.8 Å². The van der Waals surface area contributed by atoms with Crippen molar-refractivity contribution in [3.8, 4) is 0 Å². The third-order valence-electron chi connectivity index (χ3n) is 10.7. The quantitative estimate of drug-likeness (QED) is 0.676. The number of fused-ring (bicyclic) bond motifs is 2. The Morgan fingerprint density at radius 2 is 1.96 bits per heavy atom. The minimum absolute atomic E-state index is 0.0657. The van der Waals surface area contributed by atoms with Gasteiger partial charge in [-0.05, 0) is 49.5 Å². The number of rotatable bonds is 2. The van der Waals surface area contributed by atoms with Crippen LogP contribution in [0.5, 0.6) is 0 Å². The van der Waals surface area contributed by atoms with Gasteiger partial charge in [0.05, 0.1) is 23.9 Å². The molecule has 1 heterocycles. The number of hydrogen-bond acceptors (Lipinski definition) is 5. The first-order valence-electron chi connectivity index (χ1n) is 11.2. The van der Waals surface area contributed by atoms with Crippen molar-refractivity contribution in [1.29, 1.82) is 0 Å². The number of methoxy groups -OCH3 is 1. The molecule has 0 radical (unpaired) electrons. The monoisotopic (exact) mass is 377 g/mol. The molecule has 6 unspecified atom stereocenters. The number of aliphatic hydroxyl groups excluding tert-OH is 2. The van der Waals surface area contributed by atoms with E-state index in [1.54, 1.807) is 7.11 Å². The lowest BCUT2D eigenvalue weighted by atomic mass is 9.43. The van der Waals surface area contributed by atoms with E-state index in [0.717, 1.165) is 38.8 Å². The van der Waals surface area contributed by atoms with Gasteiger partial charge in [-0.2, -0.15) is 0 Å². The Hall–Kier alpha value is -0.200. The van der Waals surface area contributed by atoms with Gasteiger partial charge in [-0.3, -0.25) is 4.90 Å². The van der Waals surface area contributed by atoms with Crippen molar-refractivity contribution in [3.05, 3.63) is 0 Å². The van der Waals surface area contributed by atoms with Gasteiger partial charge in [0, 0.05) is 49.3 Å². The predicted octanol–water partition coefficient (Wildman–Crippen LogP) is 1.25. The molecule has 3 N–H and O–H groups in total. The minimum Gasteiger partial charge on any atom is -0.392 e. The summed E-state index contributed by atoms with van der Waals surface area (Å²) in [6.45, 7) is 6.74. The van der Waals surface area contributed by atoms with Gasteiger partial charge in [0.15, 0.2) is 0 Å². The maximum Gasteiger partial charge on any atom is 0.0771 e. The average Bonchev–Trinajstić information content (AvgIpc) is 3.07. The smallest absolute Gasteiger partial charge is 0.0771 e. The highest BCUT2D eigenvalue weighted by atomic mass is 16.5. The van der Waals surface area contributed by atoms with Gasteiger partial charge in [-0.15, -0.1) is 0 Å². The summed E-state index contributed by atoms with van der Waals surface area (Å²) < 4.78 is 5.79. The van der Waals surface area contributed by atoms with E-state index < -0.39 is 11.7 Å². The van der Waals surface area contributed by atoms with Crippen LogP contribution in [0, 0.1) is 40.4 Å². The maximum atomic E-state index is 12.1. The van der Waals surface area contributed by atoms with Gasteiger partial charge in [0.1, 0.15) is 0 Å². The fourth-order valence-electron chi connectivity index (χ4n) is 10.1. The third kappa shape index (κ3) is 1.66. The van der Waals surface area contributed by atoms with Crippen LogP contribution in [0.3, 0.4) is 0 Å². The molecular formula is C22H35NO4. The summed E-state index contributed by atoms with van der Waals surface area (Å²) in [5.41, 5.74) is -0.788. The fourth-order valence-corrected chi connectivity index (χ4v) is 10.1. The number of piperidine rings is 1. The van der Waals surface area contributed by atoms with Gasteiger partial charge in [0.25, 0.3) is 0 Å². The maximum absolute atomic E-state index is 12.1. The van der Waals surface area contributed by atoms with Crippen LogP contribution in [0.15, 0.2) is 0 Å². The Labute approximate surface area is 162 Å². The summed E-state index contributed by atoms with van der Waals surface area (Å²) in [4.78, 5) is 2.60. The van der Waals surface area contributed by atoms with Crippen molar-refractivity contribution < 1.29 is 20.1 Å². The second-order valence-corrected chi connectivity index (χ2v) is 11.1. The van der Waals surface area contributed by atoms with Crippen molar-refractivity contribution >= 4 is 0 Å². The van der Waals surface area contributed by atoms with Crippen LogP contribution in [0.1, 0.15) is 46.0 Å². The van der Waals surface area contributed by atoms with E-state index in [4.69, 9.17) is 4.74 Å². The largest absolute Gasteiger partial charge is 0.392 e. The molecule has 1 aliphatic heterocycles. The highest BCUT2D eigenvalue weighted by Gasteiger charge is 2.82. The lowest BCUT2D eigenvalue weighted by Gasteiger charge is -2.68. The second kappa shape index (κ2) is 5.10. The van der Waals surface area contributed by atoms with E-state index >= 15 is 0 Å². The van der Waals surface area contributed by atoms with Crippen LogP contribution in [0.4, 0.5) is 0 Å². The number of ether oxygens (including phenoxy) is 1. The molecule has 0 aromatic heterocycles. The highest BCUT2D eigenvalue weighted by molar-refractivity contribution is 5.32. The summed E-state index contributed by atoms with van der Waals surface area (Å²) in [5.74, 6) is 0.840. The highest BCUT2D eigenvalue weighted by Crippen LogP contribution is 2.78. The molecule has 5 aliphatic carbocycles. The first-order valence-corrected chi connectivity index (χ1v) is 11.2. The SMILES string of the molecule is CCN1CC2(C)CC[C@H](O)[C@@]34C5C[C@H]6C(O)C5[C@](O)(C[C@@H]6OC)C(CC23)[C@@H]14. The number of aliphatic hydroxyl groups is 3. The molecule has 6 fully saturated rings. The first kappa shape index (κ1) is 17.6. The van der Waals surface area contributed by atoms with E-state index in [9.17, 15) is 15.3 Å². The Bertz CT molecular complexity index is 673. The summed E-state index contributed by atoms with van der Waals surface area (Å²) in [6, 6.07) is 0.253. The van der Waals surface area contributed by atoms with Crippen molar-refractivity contribution in [2.24, 2.45) is 40.4 Å². The molecule has 5 heteroatoms. The van der Waals surface area contributed by atoms with Crippen molar-refractivity contribution in [3.63, 3.8) is 0 Å². The summed E-state index contributed by atoms with van der Waals surface area (Å²) in [5, 5.41) is 34.9. The standard InChI is InChI=1S/C22H35NO4/c1-4-23-10-20(2)6-5-16(24)22-12-7-11-14(27-3)9-21(26,17(12)18(11)25)13(19(22)23)8-15(20)22/h11-19,24-26H,4-10H2,1-3H3/t11-,12?,13?,14+,15?,16+,17?,18?,19-,20?,21+,22-/m1/s1. The Balaban J connectivity index is 1.59. The van der Waals surface area contributed by atoms with E-state index in [1.165, 1.54) is 0 Å². The number of hydrogen-bond donors (Lipinski definition) is 3. The Morgan fingerprint density at radius 1 is 1.19 bits per heavy atom. The molecule has 1 saturated heterocycles. The molecule has 6 aliphatic rings. The van der Waals surface area contributed by atoms with Crippen LogP contribution in [0.2, 0.25) is 0 Å². The predicted molar refractivity (Wildman–Crippen MR) is 99.9 cm³/mol. The molecule has 27 heavy (non-hydrogen) atoms. The topological polar surface area (TPSA) is 73.2 Å². The Morgan fingerprint density at radius 3 is 2.67 bits per heavy atom. The molecule has 6 rings (SSSR count). The zero-order chi connectivity index (χ0) is 18.9. The average molecular weight is 378 g/mol. The Kier molecular flexibility index (Phi) is 3.33. The molecule has 12 atom stereocenters. The first-order chi connectivity index (χ1) is 12.8. The number of nitrogens with zero attached hydrogens (tertiary/aromatic N) is 1. The number of likely N-dealkylation sites (tertiary alicyclic amines) is 1. The van der Waals surface area contributed by atoms with Crippen molar-refractivity contribution in [2.75, 3.05) is 20.2 Å². The summed E-state index contributed by atoms with van der Waals surface area (Å²) >= 11 is 0. The normalized spacial score (nSPS) is 66.2. The van der Waals surface area contributed by atoms with Crippen molar-refractivity contribution in [1.82, 2.24) is 4.90 Å². The molecular weight excluding hydrogens is 342 g/mol. The molecule has 0 aromatic rings. The molecule has 5 nitrogen and oxygen atoms in total. The van der Waals surface area contributed by atoms with Gasteiger partial charge in [0.2, 0.25) is 0 Å². The molecule has 7 bridgehead atoms. The third-order valence-corrected chi connectivity index (χ3v) is 10.7. The molecule has 0 amide bonds. The molecule has 5 saturated carbocycles. The van der Waals surface area contributed by atoms with Crippen LogP contribution in [-0.2, 0) is 4.74 Å². The van der Waals surface area contributed by atoms with Crippen LogP contribution < -0.4 is 0 Å². The van der Waals surface area contributed by atoms with E-state index in [0.29, 0.717) is 12.3 Å². The van der Waals surface area contributed by atoms with Gasteiger partial charge in [-0.25, -0.2) is 0 Å². The minimum atomic E-state index is -0.858. The van der Waals surface area contributed by atoms with Gasteiger partial charge >= 0.3 is 0 Å². The summed E-state index contributed by atoms with van der Waals surface area (Å²) in [7, 11) is 1.73. The molecule has 152 valence electrons. The lowest BCUT2D eigenvalue weighted by Crippen LogP contribution is -2.75. The van der Waals surface area contributed by atoms with E-state index in [-0.39, 0.29) is 52.8 Å². The van der Waals surface area contributed by atoms with E-state index in [1.807, 2.05) is 0 Å². The molecule has 1 spiro atoms. The lowest BCUT2D eigenvalue weighted by molar-refractivity contribution is -0.266. The zero-order valence-corrected chi connectivity index (χ0v) is 16.8. The molecule has 0 aromatic carbocycles. The zero-order valence-electron chi connectivity index (χ0n) is 16.8. The summed E-state index contributed by atoms with van der Waals surface area (Å²) in [6.07, 6.45) is 3.66. The van der Waals surface area contributed by atoms with E-state index in [2.05, 4.69) is 18.7 Å². The second-order valence-electron chi connectivity index (χ2n) is 11.1. The van der Waals surface area contributed by atoms with Crippen LogP contribution in [0.25, 0.3) is 0 Å². The van der Waals surface area contributed by atoms with Crippen LogP contribution >= 0.6 is 0 Å². The van der Waals surface area contributed by atoms with Crippen molar-refractivity contribution in [2.45, 2.75) is 75.9 Å². The fraction of sp³-hybridized carbons (Fsp3) is 1.00. The van der Waals surface area contributed by atoms with Gasteiger partial charge < -0.3 is 20.1 Å². The van der Waals surface area contributed by atoms with Crippen LogP contribution in [-0.4, -0.2) is 70.4 Å².